The molecule has 2 N–H and O–H groups in total. The predicted octanol–water partition coefficient (Wildman–Crippen LogP) is 3.64. The van der Waals surface area contributed by atoms with Crippen LogP contribution >= 0.6 is 11.6 Å². The van der Waals surface area contributed by atoms with Crippen molar-refractivity contribution in [1.29, 1.82) is 0 Å². The summed E-state index contributed by atoms with van der Waals surface area (Å²) in [5.41, 5.74) is 5.48. The second kappa shape index (κ2) is 8.14. The lowest BCUT2D eigenvalue weighted by Crippen LogP contribution is -2.39. The molecule has 140 valence electrons. The van der Waals surface area contributed by atoms with Crippen LogP contribution in [0.15, 0.2) is 54.6 Å². The van der Waals surface area contributed by atoms with E-state index < -0.39 is 12.0 Å². The summed E-state index contributed by atoms with van der Waals surface area (Å²) in [5, 5.41) is 10.8. The molecule has 6 nitrogen and oxygen atoms in total. The van der Waals surface area contributed by atoms with Gasteiger partial charge in [-0.05, 0) is 47.5 Å². The molecule has 0 unspecified atom stereocenters. The number of methoxy groups -OCH3 is 1. The third kappa shape index (κ3) is 4.23. The number of hydrogen-bond acceptors (Lipinski definition) is 4. The van der Waals surface area contributed by atoms with Crippen molar-refractivity contribution in [3.05, 3.63) is 70.8 Å². The van der Waals surface area contributed by atoms with Crippen molar-refractivity contribution in [1.82, 2.24) is 10.4 Å². The fourth-order valence-corrected chi connectivity index (χ4v) is 3.14. The highest BCUT2D eigenvalue weighted by atomic mass is 35.5. The molecule has 0 radical (unpaired) electrons. The minimum absolute atomic E-state index is 0.104. The number of hydrogen-bond donors (Lipinski definition) is 2. The second-order valence-electron chi connectivity index (χ2n) is 6.04. The smallest absolute Gasteiger partial charge is 0.303 e. The Kier molecular flexibility index (Phi) is 5.66. The molecule has 1 aliphatic rings. The Morgan fingerprint density at radius 3 is 2.48 bits per heavy atom. The first-order chi connectivity index (χ1) is 13.0. The average molecular weight is 387 g/mol. The Bertz CT molecular complexity index is 880. The number of nitrogens with one attached hydrogen (secondary N) is 1. The third-order valence-electron chi connectivity index (χ3n) is 4.29. The Morgan fingerprint density at radius 1 is 1.15 bits per heavy atom. The molecule has 1 heterocycles. The number of carboxylic acids is 1. The third-order valence-corrected chi connectivity index (χ3v) is 4.63. The lowest BCUT2D eigenvalue weighted by Gasteiger charge is -2.26. The van der Waals surface area contributed by atoms with Crippen LogP contribution in [0, 0.1) is 0 Å². The number of carbonyl (C=O) groups is 2. The van der Waals surface area contributed by atoms with Gasteiger partial charge in [0, 0.05) is 11.4 Å². The van der Waals surface area contributed by atoms with Gasteiger partial charge in [0.05, 0.1) is 19.2 Å². The van der Waals surface area contributed by atoms with Crippen molar-refractivity contribution >= 4 is 29.2 Å². The molecule has 27 heavy (non-hydrogen) atoms. The first-order valence-corrected chi connectivity index (χ1v) is 8.78. The van der Waals surface area contributed by atoms with Crippen molar-refractivity contribution in [3.63, 3.8) is 0 Å². The average Bonchev–Trinajstić information content (AvgIpc) is 3.11. The molecule has 2 aromatic rings. The van der Waals surface area contributed by atoms with E-state index in [1.165, 1.54) is 5.01 Å². The number of hydrazine groups is 1. The van der Waals surface area contributed by atoms with Gasteiger partial charge < -0.3 is 9.84 Å². The second-order valence-corrected chi connectivity index (χ2v) is 6.45. The molecule has 7 heteroatoms. The van der Waals surface area contributed by atoms with Crippen molar-refractivity contribution < 1.29 is 19.4 Å². The Hall–Kier alpha value is -2.99. The molecule has 0 fully saturated rings. The maximum atomic E-state index is 12.6. The zero-order valence-corrected chi connectivity index (χ0v) is 15.4. The van der Waals surface area contributed by atoms with Crippen LogP contribution in [0.4, 0.5) is 0 Å². The minimum atomic E-state index is -1.01. The van der Waals surface area contributed by atoms with E-state index in [-0.39, 0.29) is 18.7 Å². The standard InChI is InChI=1S/C20H19ClN2O4/c1-27-14-8-6-13(7-9-14)17-12-18(15-4-2-3-5-16(15)21)23(22-17)19(24)10-11-20(25)26/h2-9,12,18,22H,10-11H2,1H3,(H,25,26)/t18-/m1/s1. The number of aliphatic carboxylic acids is 1. The zero-order valence-electron chi connectivity index (χ0n) is 14.7. The van der Waals surface area contributed by atoms with Crippen molar-refractivity contribution in [3.8, 4) is 5.75 Å². The minimum Gasteiger partial charge on any atom is -0.497 e. The Labute approximate surface area is 162 Å². The number of nitrogens with zero attached hydrogens (tertiary/aromatic N) is 1. The summed E-state index contributed by atoms with van der Waals surface area (Å²) >= 11 is 6.33. The predicted molar refractivity (Wildman–Crippen MR) is 102 cm³/mol. The first kappa shape index (κ1) is 18.8. The number of carbonyl (C=O) groups excluding carboxylic acids is 1. The van der Waals surface area contributed by atoms with Gasteiger partial charge in [-0.1, -0.05) is 29.8 Å². The largest absolute Gasteiger partial charge is 0.497 e. The van der Waals surface area contributed by atoms with E-state index in [0.717, 1.165) is 22.6 Å². The quantitative estimate of drug-likeness (QED) is 0.792. The van der Waals surface area contributed by atoms with Crippen LogP contribution < -0.4 is 10.2 Å². The van der Waals surface area contributed by atoms with Gasteiger partial charge in [0.25, 0.3) is 0 Å². The van der Waals surface area contributed by atoms with Gasteiger partial charge in [-0.25, -0.2) is 5.01 Å². The number of halogens is 1. The van der Waals surface area contributed by atoms with Gasteiger partial charge in [-0.15, -0.1) is 0 Å². The SMILES string of the molecule is COc1ccc(C2=C[C@H](c3ccccc3Cl)N(C(=O)CCC(=O)O)N2)cc1. The van der Waals surface area contributed by atoms with Gasteiger partial charge in [-0.2, -0.15) is 0 Å². The highest BCUT2D eigenvalue weighted by Crippen LogP contribution is 2.35. The summed E-state index contributed by atoms with van der Waals surface area (Å²) in [5.74, 6) is -0.600. The van der Waals surface area contributed by atoms with Crippen LogP contribution in [0.25, 0.3) is 5.70 Å². The van der Waals surface area contributed by atoms with Crippen LogP contribution in [0.2, 0.25) is 5.02 Å². The van der Waals surface area contributed by atoms with Crippen LogP contribution in [0.1, 0.15) is 30.0 Å². The number of ether oxygens (including phenoxy) is 1. The summed E-state index contributed by atoms with van der Waals surface area (Å²) in [4.78, 5) is 23.5. The van der Waals surface area contributed by atoms with E-state index in [0.29, 0.717) is 5.02 Å². The molecule has 0 saturated heterocycles. The molecule has 1 aliphatic heterocycles. The van der Waals surface area contributed by atoms with E-state index >= 15 is 0 Å². The summed E-state index contributed by atoms with van der Waals surface area (Å²) in [6.07, 6.45) is 1.57. The molecule has 0 saturated carbocycles. The molecule has 0 aliphatic carbocycles. The van der Waals surface area contributed by atoms with Gasteiger partial charge in [0.1, 0.15) is 11.8 Å². The maximum absolute atomic E-state index is 12.6. The van der Waals surface area contributed by atoms with Gasteiger partial charge in [0.15, 0.2) is 0 Å². The van der Waals surface area contributed by atoms with Crippen LogP contribution in [-0.2, 0) is 9.59 Å². The molecule has 2 aromatic carbocycles. The lowest BCUT2D eigenvalue weighted by atomic mass is 10.0. The highest BCUT2D eigenvalue weighted by molar-refractivity contribution is 6.31. The first-order valence-electron chi connectivity index (χ1n) is 8.41. The molecular weight excluding hydrogens is 368 g/mol. The number of carboxylic acid groups (broad SMARTS) is 1. The summed E-state index contributed by atoms with van der Waals surface area (Å²) in [6, 6.07) is 14.3. The number of rotatable bonds is 6. The highest BCUT2D eigenvalue weighted by Gasteiger charge is 2.31. The van der Waals surface area contributed by atoms with E-state index in [1.807, 2.05) is 48.5 Å². The number of amides is 1. The lowest BCUT2D eigenvalue weighted by molar-refractivity contribution is -0.142. The fraction of sp³-hybridized carbons (Fsp3) is 0.200. The van der Waals surface area contributed by atoms with Gasteiger partial charge in [-0.3, -0.25) is 15.0 Å². The monoisotopic (exact) mass is 386 g/mol. The van der Waals surface area contributed by atoms with Gasteiger partial charge >= 0.3 is 5.97 Å². The topological polar surface area (TPSA) is 78.9 Å². The zero-order chi connectivity index (χ0) is 19.4. The van der Waals surface area contributed by atoms with Crippen LogP contribution in [0.3, 0.4) is 0 Å². The van der Waals surface area contributed by atoms with Crippen molar-refractivity contribution in [2.75, 3.05) is 7.11 Å². The van der Waals surface area contributed by atoms with E-state index in [9.17, 15) is 9.59 Å². The molecule has 1 amide bonds. The van der Waals surface area contributed by atoms with Gasteiger partial charge in [0.2, 0.25) is 5.91 Å². The summed E-state index contributed by atoms with van der Waals surface area (Å²) < 4.78 is 5.17. The van der Waals surface area contributed by atoms with Crippen LogP contribution in [-0.4, -0.2) is 29.1 Å². The van der Waals surface area contributed by atoms with E-state index in [1.54, 1.807) is 13.2 Å². The fourth-order valence-electron chi connectivity index (χ4n) is 2.90. The molecular formula is C20H19ClN2O4. The van der Waals surface area contributed by atoms with Crippen molar-refractivity contribution in [2.45, 2.75) is 18.9 Å². The van der Waals surface area contributed by atoms with E-state index in [4.69, 9.17) is 21.4 Å². The molecule has 0 aromatic heterocycles. The Balaban J connectivity index is 1.92. The Morgan fingerprint density at radius 2 is 1.85 bits per heavy atom. The maximum Gasteiger partial charge on any atom is 0.303 e. The normalized spacial score (nSPS) is 15.9. The molecule has 3 rings (SSSR count). The summed E-state index contributed by atoms with van der Waals surface area (Å²) in [7, 11) is 1.60. The number of benzene rings is 2. The van der Waals surface area contributed by atoms with Crippen molar-refractivity contribution in [2.24, 2.45) is 0 Å². The molecule has 0 spiro atoms. The molecule has 0 bridgehead atoms. The van der Waals surface area contributed by atoms with Crippen LogP contribution in [0.5, 0.6) is 5.75 Å². The van der Waals surface area contributed by atoms with E-state index in [2.05, 4.69) is 5.43 Å². The molecule has 1 atom stereocenters. The summed E-state index contributed by atoms with van der Waals surface area (Å²) in [6.45, 7) is 0.